The van der Waals surface area contributed by atoms with Crippen molar-refractivity contribution in [1.29, 1.82) is 0 Å². The summed E-state index contributed by atoms with van der Waals surface area (Å²) in [5, 5.41) is 3.29. The fourth-order valence-electron chi connectivity index (χ4n) is 4.08. The van der Waals surface area contributed by atoms with Gasteiger partial charge in [-0.1, -0.05) is 0 Å². The van der Waals surface area contributed by atoms with E-state index in [4.69, 9.17) is 9.47 Å². The van der Waals surface area contributed by atoms with Gasteiger partial charge in [-0.2, -0.15) is 0 Å². The molecule has 3 saturated carbocycles. The van der Waals surface area contributed by atoms with Crippen molar-refractivity contribution >= 4 is 6.03 Å². The minimum Gasteiger partial charge on any atom is -0.348 e. The van der Waals surface area contributed by atoms with Gasteiger partial charge in [-0.3, -0.25) is 0 Å². The van der Waals surface area contributed by atoms with E-state index in [1.54, 1.807) is 0 Å². The zero-order valence-corrected chi connectivity index (χ0v) is 13.6. The van der Waals surface area contributed by atoms with Gasteiger partial charge in [-0.15, -0.1) is 0 Å². The van der Waals surface area contributed by atoms with Gasteiger partial charge in [0.2, 0.25) is 0 Å². The maximum absolute atomic E-state index is 12.7. The van der Waals surface area contributed by atoms with E-state index in [1.807, 2.05) is 0 Å². The highest BCUT2D eigenvalue weighted by molar-refractivity contribution is 5.75. The maximum atomic E-state index is 12.7. The van der Waals surface area contributed by atoms with Gasteiger partial charge < -0.3 is 19.7 Å². The molecule has 0 bridgehead atoms. The van der Waals surface area contributed by atoms with Crippen molar-refractivity contribution < 1.29 is 14.3 Å². The minimum absolute atomic E-state index is 0.163. The molecule has 5 nitrogen and oxygen atoms in total. The first-order chi connectivity index (χ1) is 10.7. The van der Waals surface area contributed by atoms with Crippen LogP contribution in [-0.2, 0) is 9.47 Å². The largest absolute Gasteiger partial charge is 0.348 e. The van der Waals surface area contributed by atoms with Gasteiger partial charge in [-0.25, -0.2) is 4.79 Å². The third kappa shape index (κ3) is 2.98. The van der Waals surface area contributed by atoms with E-state index < -0.39 is 0 Å². The minimum atomic E-state index is -0.335. The van der Waals surface area contributed by atoms with Crippen molar-refractivity contribution in [3.05, 3.63) is 0 Å². The van der Waals surface area contributed by atoms with Crippen LogP contribution in [-0.4, -0.2) is 48.1 Å². The van der Waals surface area contributed by atoms with Gasteiger partial charge in [-0.05, 0) is 51.4 Å². The summed E-state index contributed by atoms with van der Waals surface area (Å²) < 4.78 is 11.5. The van der Waals surface area contributed by atoms with Crippen molar-refractivity contribution in [1.82, 2.24) is 10.2 Å². The molecule has 4 fully saturated rings. The molecular weight excluding hydrogens is 280 g/mol. The van der Waals surface area contributed by atoms with Crippen LogP contribution in [0.5, 0.6) is 0 Å². The van der Waals surface area contributed by atoms with E-state index in [-0.39, 0.29) is 17.9 Å². The molecule has 2 amide bonds. The summed E-state index contributed by atoms with van der Waals surface area (Å²) in [7, 11) is 0. The maximum Gasteiger partial charge on any atom is 0.318 e. The molecule has 1 heterocycles. The second kappa shape index (κ2) is 5.68. The van der Waals surface area contributed by atoms with Crippen LogP contribution in [0.4, 0.5) is 4.79 Å². The highest BCUT2D eigenvalue weighted by Crippen LogP contribution is 2.40. The van der Waals surface area contributed by atoms with Crippen molar-refractivity contribution in [2.75, 3.05) is 13.2 Å². The Kier molecular flexibility index (Phi) is 3.81. The molecule has 124 valence electrons. The summed E-state index contributed by atoms with van der Waals surface area (Å²) in [4.78, 5) is 14.9. The molecule has 0 aromatic heterocycles. The third-order valence-electron chi connectivity index (χ3n) is 5.81. The van der Waals surface area contributed by atoms with Gasteiger partial charge in [0, 0.05) is 31.0 Å². The average Bonchev–Trinajstić information content (AvgIpc) is 3.42. The highest BCUT2D eigenvalue weighted by atomic mass is 16.7. The molecule has 1 saturated heterocycles. The fraction of sp³-hybridized carbons (Fsp3) is 0.941. The zero-order chi connectivity index (χ0) is 15.2. The number of ether oxygens (including phenoxy) is 2. The lowest BCUT2D eigenvalue weighted by Gasteiger charge is -2.37. The molecule has 1 spiro atoms. The zero-order valence-electron chi connectivity index (χ0n) is 13.6. The molecule has 1 aliphatic heterocycles. The van der Waals surface area contributed by atoms with Crippen LogP contribution >= 0.6 is 0 Å². The third-order valence-corrected chi connectivity index (χ3v) is 5.81. The number of urea groups is 1. The van der Waals surface area contributed by atoms with E-state index in [9.17, 15) is 4.79 Å². The number of hydrogen-bond donors (Lipinski definition) is 1. The van der Waals surface area contributed by atoms with E-state index >= 15 is 0 Å². The predicted molar refractivity (Wildman–Crippen MR) is 82.5 cm³/mol. The Morgan fingerprint density at radius 3 is 2.27 bits per heavy atom. The molecule has 1 N–H and O–H groups in total. The Balaban J connectivity index is 1.31. The summed E-state index contributed by atoms with van der Waals surface area (Å²) in [6.45, 7) is 3.66. The summed E-state index contributed by atoms with van der Waals surface area (Å²) >= 11 is 0. The lowest BCUT2D eigenvalue weighted by Crippen LogP contribution is -2.52. The number of nitrogens with one attached hydrogen (secondary N) is 1. The highest BCUT2D eigenvalue weighted by Gasteiger charge is 2.44. The number of nitrogens with zero attached hydrogens (tertiary/aromatic N) is 1. The molecule has 0 aromatic rings. The topological polar surface area (TPSA) is 50.8 Å². The average molecular weight is 308 g/mol. The van der Waals surface area contributed by atoms with Crippen LogP contribution in [0.2, 0.25) is 0 Å². The van der Waals surface area contributed by atoms with Gasteiger partial charge in [0.05, 0.1) is 13.2 Å². The van der Waals surface area contributed by atoms with Crippen molar-refractivity contribution in [3.8, 4) is 0 Å². The number of carbonyl (C=O) groups is 1. The molecule has 4 aliphatic rings. The molecule has 0 unspecified atom stereocenters. The standard InChI is InChI=1S/C17H28N2O3/c1-12(13-2-3-13)19(15-4-5-15)16(20)18-14-6-8-17(9-7-14)21-10-11-22-17/h12-15H,2-11H2,1H3,(H,18,20)/t12-/m0/s1. The van der Waals surface area contributed by atoms with E-state index in [2.05, 4.69) is 17.1 Å². The van der Waals surface area contributed by atoms with E-state index in [0.29, 0.717) is 25.3 Å². The van der Waals surface area contributed by atoms with Crippen LogP contribution in [0.25, 0.3) is 0 Å². The monoisotopic (exact) mass is 308 g/mol. The van der Waals surface area contributed by atoms with Gasteiger partial charge in [0.15, 0.2) is 5.79 Å². The van der Waals surface area contributed by atoms with Gasteiger partial charge >= 0.3 is 6.03 Å². The van der Waals surface area contributed by atoms with Crippen LogP contribution < -0.4 is 5.32 Å². The lowest BCUT2D eigenvalue weighted by molar-refractivity contribution is -0.179. The Labute approximate surface area is 132 Å². The van der Waals surface area contributed by atoms with Crippen molar-refractivity contribution in [3.63, 3.8) is 0 Å². The number of amides is 2. The van der Waals surface area contributed by atoms with Crippen LogP contribution in [0.3, 0.4) is 0 Å². The SMILES string of the molecule is C[C@@H](C1CC1)N(C(=O)NC1CCC2(CC1)OCCO2)C1CC1. The second-order valence-electron chi connectivity index (χ2n) is 7.55. The first-order valence-electron chi connectivity index (χ1n) is 9.04. The first kappa shape index (κ1) is 14.8. The fourth-order valence-corrected chi connectivity index (χ4v) is 4.08. The van der Waals surface area contributed by atoms with Gasteiger partial charge in [0.1, 0.15) is 0 Å². The summed E-state index contributed by atoms with van der Waals surface area (Å²) in [5.41, 5.74) is 0. The number of carbonyl (C=O) groups excluding carboxylic acids is 1. The molecule has 0 aromatic carbocycles. The lowest BCUT2D eigenvalue weighted by atomic mass is 9.90. The quantitative estimate of drug-likeness (QED) is 0.868. The molecule has 22 heavy (non-hydrogen) atoms. The molecule has 4 rings (SSSR count). The smallest absolute Gasteiger partial charge is 0.318 e. The Bertz CT molecular complexity index is 418. The Hall–Kier alpha value is -0.810. The summed E-state index contributed by atoms with van der Waals surface area (Å²) in [6, 6.07) is 1.34. The predicted octanol–water partition coefficient (Wildman–Crippen LogP) is 2.64. The van der Waals surface area contributed by atoms with Crippen molar-refractivity contribution in [2.45, 2.75) is 82.2 Å². The molecular formula is C17H28N2O3. The van der Waals surface area contributed by atoms with Crippen molar-refractivity contribution in [2.24, 2.45) is 5.92 Å². The molecule has 1 atom stereocenters. The summed E-state index contributed by atoms with van der Waals surface area (Å²) in [6.07, 6.45) is 8.67. The van der Waals surface area contributed by atoms with E-state index in [0.717, 1.165) is 31.6 Å². The van der Waals surface area contributed by atoms with Gasteiger partial charge in [0.25, 0.3) is 0 Å². The van der Waals surface area contributed by atoms with Crippen LogP contribution in [0.1, 0.15) is 58.3 Å². The normalized spacial score (nSPS) is 29.5. The number of hydrogen-bond acceptors (Lipinski definition) is 3. The summed E-state index contributed by atoms with van der Waals surface area (Å²) in [5.74, 6) is 0.403. The van der Waals surface area contributed by atoms with Crippen LogP contribution in [0, 0.1) is 5.92 Å². The Morgan fingerprint density at radius 2 is 1.73 bits per heavy atom. The first-order valence-corrected chi connectivity index (χ1v) is 9.04. The number of rotatable bonds is 4. The Morgan fingerprint density at radius 1 is 1.09 bits per heavy atom. The second-order valence-corrected chi connectivity index (χ2v) is 7.55. The molecule has 0 radical (unpaired) electrons. The molecule has 3 aliphatic carbocycles. The molecule has 5 heteroatoms. The van der Waals surface area contributed by atoms with Crippen LogP contribution in [0.15, 0.2) is 0 Å². The van der Waals surface area contributed by atoms with E-state index in [1.165, 1.54) is 25.7 Å².